The molecule has 0 bridgehead atoms. The lowest BCUT2D eigenvalue weighted by atomic mass is 9.91. The second-order valence-electron chi connectivity index (χ2n) is 4.98. The van der Waals surface area contributed by atoms with Crippen molar-refractivity contribution in [3.05, 3.63) is 27.3 Å². The molecule has 0 aliphatic heterocycles. The number of benzene rings is 1. The maximum absolute atomic E-state index is 11.4. The predicted molar refractivity (Wildman–Crippen MR) is 84.6 cm³/mol. The number of aromatic carboxylic acids is 1. The van der Waals surface area contributed by atoms with E-state index >= 15 is 0 Å². The number of hydrogen-bond donors (Lipinski definition) is 2. The summed E-state index contributed by atoms with van der Waals surface area (Å²) in [4.78, 5) is 11.4. The molecule has 1 aromatic carbocycles. The van der Waals surface area contributed by atoms with Crippen LogP contribution < -0.4 is 5.73 Å². The van der Waals surface area contributed by atoms with Crippen LogP contribution in [0.25, 0.3) is 0 Å². The Hall–Kier alpha value is -1.44. The first kappa shape index (κ1) is 16.6. The molecule has 1 rings (SSSR count). The Kier molecular flexibility index (Phi) is 5.67. The lowest BCUT2D eigenvalue weighted by molar-refractivity contribution is 0.0696. The van der Waals surface area contributed by atoms with Crippen LogP contribution in [0.4, 0.5) is 5.69 Å². The smallest absolute Gasteiger partial charge is 0.337 e. The van der Waals surface area contributed by atoms with E-state index in [1.165, 1.54) is 0 Å². The maximum atomic E-state index is 11.4. The largest absolute Gasteiger partial charge is 0.478 e. The number of carboxylic acid groups (broad SMARTS) is 1. The van der Waals surface area contributed by atoms with Crippen molar-refractivity contribution in [1.82, 2.24) is 0 Å². The monoisotopic (exact) mass is 307 g/mol. The van der Waals surface area contributed by atoms with Crippen LogP contribution in [-0.4, -0.2) is 20.6 Å². The highest BCUT2D eigenvalue weighted by Gasteiger charge is 2.22. The van der Waals surface area contributed by atoms with Crippen LogP contribution in [0, 0.1) is 24.3 Å². The zero-order valence-electron chi connectivity index (χ0n) is 12.1. The van der Waals surface area contributed by atoms with Gasteiger partial charge in [-0.05, 0) is 30.4 Å². The van der Waals surface area contributed by atoms with Crippen LogP contribution in [-0.2, 0) is 6.42 Å². The number of nitrogens with two attached hydrogens (primary N) is 1. The summed E-state index contributed by atoms with van der Waals surface area (Å²) in [6, 6.07) is 0. The van der Waals surface area contributed by atoms with Gasteiger partial charge in [-0.2, -0.15) is 0 Å². The molecular weight excluding hydrogens is 290 g/mol. The number of halogens is 1. The van der Waals surface area contributed by atoms with E-state index in [2.05, 4.69) is 25.3 Å². The lowest BCUT2D eigenvalue weighted by Crippen LogP contribution is -2.11. The molecule has 0 aromatic heterocycles. The highest BCUT2D eigenvalue weighted by Crippen LogP contribution is 2.34. The van der Waals surface area contributed by atoms with Crippen LogP contribution in [0.5, 0.6) is 0 Å². The number of anilines is 1. The average Bonchev–Trinajstić information content (AvgIpc) is 2.34. The van der Waals surface area contributed by atoms with Gasteiger partial charge in [0.15, 0.2) is 0 Å². The van der Waals surface area contributed by atoms with Gasteiger partial charge in [0.05, 0.1) is 21.8 Å². The maximum Gasteiger partial charge on any atom is 0.337 e. The molecule has 5 heteroatoms. The summed E-state index contributed by atoms with van der Waals surface area (Å²) in [5, 5.41) is 9.52. The summed E-state index contributed by atoms with van der Waals surface area (Å²) >= 11 is 6.20. The Bertz CT molecular complexity index is 600. The second kappa shape index (κ2) is 6.82. The van der Waals surface area contributed by atoms with Gasteiger partial charge in [0.2, 0.25) is 0 Å². The third-order valence-electron chi connectivity index (χ3n) is 3.00. The molecule has 3 nitrogen and oxygen atoms in total. The third kappa shape index (κ3) is 3.36. The van der Waals surface area contributed by atoms with E-state index < -0.39 is 5.97 Å². The molecule has 0 saturated carbocycles. The zero-order chi connectivity index (χ0) is 15.4. The minimum atomic E-state index is -1.04. The summed E-state index contributed by atoms with van der Waals surface area (Å²) in [5.41, 5.74) is 11.6. The fourth-order valence-corrected chi connectivity index (χ4v) is 2.71. The number of carboxylic acids is 1. The van der Waals surface area contributed by atoms with E-state index in [9.17, 15) is 9.90 Å². The molecular formula is C15H18ClNO2Si. The zero-order valence-corrected chi connectivity index (χ0v) is 13.9. The van der Waals surface area contributed by atoms with Crippen LogP contribution in [0.15, 0.2) is 0 Å². The first-order chi connectivity index (χ1) is 9.31. The summed E-state index contributed by atoms with van der Waals surface area (Å²) in [6.07, 6.45) is 0.707. The standard InChI is InChI=1S/C15H18ClNO2Si/c1-8(2)7-11-9(3)12(15(18)19)13(16)10(14(11)17)5-6-20-4/h8H,7,17H2,1-4H3,(H,18,19). The highest BCUT2D eigenvalue weighted by molar-refractivity contribution is 6.44. The van der Waals surface area contributed by atoms with Crippen molar-refractivity contribution in [2.24, 2.45) is 5.92 Å². The van der Waals surface area contributed by atoms with E-state index in [1.807, 2.05) is 6.55 Å². The van der Waals surface area contributed by atoms with Crippen LogP contribution >= 0.6 is 11.6 Å². The Labute approximate surface area is 127 Å². The topological polar surface area (TPSA) is 63.3 Å². The van der Waals surface area contributed by atoms with Gasteiger partial charge in [-0.1, -0.05) is 37.9 Å². The first-order valence-electron chi connectivity index (χ1n) is 6.32. The Morgan fingerprint density at radius 2 is 2.10 bits per heavy atom. The van der Waals surface area contributed by atoms with Gasteiger partial charge in [0.25, 0.3) is 0 Å². The predicted octanol–water partition coefficient (Wildman–Crippen LogP) is 3.19. The summed E-state index contributed by atoms with van der Waals surface area (Å²) in [5.74, 6) is 2.24. The van der Waals surface area contributed by atoms with Gasteiger partial charge >= 0.3 is 5.97 Å². The molecule has 0 heterocycles. The van der Waals surface area contributed by atoms with Crippen molar-refractivity contribution in [2.75, 3.05) is 5.73 Å². The van der Waals surface area contributed by atoms with Gasteiger partial charge in [-0.15, -0.1) is 5.54 Å². The first-order valence-corrected chi connectivity index (χ1v) is 8.20. The SMILES string of the molecule is C[Si]C#Cc1c(N)c(CC(C)C)c(C)c(C(=O)O)c1Cl. The molecule has 0 unspecified atom stereocenters. The average molecular weight is 308 g/mol. The lowest BCUT2D eigenvalue weighted by Gasteiger charge is -2.17. The van der Waals surface area contributed by atoms with Gasteiger partial charge < -0.3 is 10.8 Å². The van der Waals surface area contributed by atoms with E-state index in [1.54, 1.807) is 6.92 Å². The summed E-state index contributed by atoms with van der Waals surface area (Å²) in [6.45, 7) is 7.82. The number of carbonyl (C=O) groups is 1. The van der Waals surface area contributed by atoms with Crippen molar-refractivity contribution in [2.45, 2.75) is 33.7 Å². The normalized spacial score (nSPS) is 10.3. The second-order valence-corrected chi connectivity index (χ2v) is 6.11. The van der Waals surface area contributed by atoms with Crippen LogP contribution in [0.1, 0.15) is 40.9 Å². The fourth-order valence-electron chi connectivity index (χ4n) is 2.08. The van der Waals surface area contributed by atoms with E-state index in [-0.39, 0.29) is 10.6 Å². The Balaban J connectivity index is 3.68. The molecule has 0 amide bonds. The van der Waals surface area contributed by atoms with E-state index in [0.717, 1.165) is 5.56 Å². The Morgan fingerprint density at radius 3 is 2.55 bits per heavy atom. The molecule has 1 aromatic rings. The number of nitrogen functional groups attached to an aromatic ring is 1. The van der Waals surface area contributed by atoms with Crippen molar-refractivity contribution in [3.63, 3.8) is 0 Å². The molecule has 0 spiro atoms. The molecule has 0 aliphatic carbocycles. The summed E-state index contributed by atoms with van der Waals surface area (Å²) in [7, 11) is 0.435. The van der Waals surface area contributed by atoms with Gasteiger partial charge in [-0.3, -0.25) is 0 Å². The molecule has 0 fully saturated rings. The molecule has 0 aliphatic rings. The van der Waals surface area contributed by atoms with Gasteiger partial charge in [0.1, 0.15) is 9.52 Å². The van der Waals surface area contributed by atoms with Crippen LogP contribution in [0.2, 0.25) is 11.6 Å². The van der Waals surface area contributed by atoms with Crippen molar-refractivity contribution in [3.8, 4) is 11.5 Å². The highest BCUT2D eigenvalue weighted by atomic mass is 35.5. The van der Waals surface area contributed by atoms with Crippen molar-refractivity contribution >= 4 is 32.8 Å². The van der Waals surface area contributed by atoms with Gasteiger partial charge in [-0.25, -0.2) is 4.79 Å². The minimum Gasteiger partial charge on any atom is -0.478 e. The fraction of sp³-hybridized carbons (Fsp3) is 0.400. The van der Waals surface area contributed by atoms with Crippen LogP contribution in [0.3, 0.4) is 0 Å². The molecule has 0 saturated heterocycles. The minimum absolute atomic E-state index is 0.111. The Morgan fingerprint density at radius 1 is 1.50 bits per heavy atom. The molecule has 106 valence electrons. The third-order valence-corrected chi connectivity index (χ3v) is 3.75. The van der Waals surface area contributed by atoms with Crippen molar-refractivity contribution in [1.29, 1.82) is 0 Å². The van der Waals surface area contributed by atoms with Crippen molar-refractivity contribution < 1.29 is 9.90 Å². The molecule has 2 radical (unpaired) electrons. The summed E-state index contributed by atoms with van der Waals surface area (Å²) < 4.78 is 0. The van der Waals surface area contributed by atoms with Gasteiger partial charge in [0, 0.05) is 0 Å². The van der Waals surface area contributed by atoms with E-state index in [0.29, 0.717) is 38.7 Å². The number of hydrogen-bond acceptors (Lipinski definition) is 2. The quantitative estimate of drug-likeness (QED) is 0.512. The molecule has 20 heavy (non-hydrogen) atoms. The number of rotatable bonds is 3. The molecule has 0 atom stereocenters. The van der Waals surface area contributed by atoms with E-state index in [4.69, 9.17) is 17.3 Å². The molecule has 3 N–H and O–H groups in total.